The van der Waals surface area contributed by atoms with Crippen molar-refractivity contribution in [1.82, 2.24) is 14.9 Å². The summed E-state index contributed by atoms with van der Waals surface area (Å²) in [7, 11) is 3.54. The van der Waals surface area contributed by atoms with E-state index in [0.29, 0.717) is 18.1 Å². The van der Waals surface area contributed by atoms with Gasteiger partial charge in [-0.25, -0.2) is 4.98 Å². The minimum atomic E-state index is 0.105. The number of aryl methyl sites for hydroxylation is 1. The number of benzene rings is 1. The largest absolute Gasteiger partial charge is 0.467 e. The fourth-order valence-corrected chi connectivity index (χ4v) is 4.54. The van der Waals surface area contributed by atoms with Crippen molar-refractivity contribution in [3.8, 4) is 6.01 Å². The van der Waals surface area contributed by atoms with Crippen LogP contribution in [0.2, 0.25) is 0 Å². The number of hydrogen-bond acceptors (Lipinski definition) is 5. The van der Waals surface area contributed by atoms with Crippen LogP contribution in [0.5, 0.6) is 6.01 Å². The second-order valence-corrected chi connectivity index (χ2v) is 7.55. The maximum Gasteiger partial charge on any atom is 0.318 e. The number of piperidine rings is 1. The van der Waals surface area contributed by atoms with Crippen LogP contribution in [0.3, 0.4) is 0 Å². The Bertz CT molecular complexity index is 812. The van der Waals surface area contributed by atoms with Crippen molar-refractivity contribution in [2.45, 2.75) is 50.7 Å². The Balaban J connectivity index is 1.52. The van der Waals surface area contributed by atoms with E-state index in [9.17, 15) is 4.79 Å². The summed E-state index contributed by atoms with van der Waals surface area (Å²) in [5.41, 5.74) is 1.67. The van der Waals surface area contributed by atoms with Gasteiger partial charge in [0.2, 0.25) is 0 Å². The second-order valence-electron chi connectivity index (χ2n) is 7.55. The van der Waals surface area contributed by atoms with Crippen molar-refractivity contribution < 1.29 is 9.53 Å². The molecule has 6 nitrogen and oxygen atoms in total. The van der Waals surface area contributed by atoms with E-state index in [4.69, 9.17) is 4.74 Å². The Labute approximate surface area is 160 Å². The molecule has 2 aliphatic rings. The van der Waals surface area contributed by atoms with E-state index >= 15 is 0 Å². The molecule has 142 valence electrons. The predicted molar refractivity (Wildman–Crippen MR) is 104 cm³/mol. The quantitative estimate of drug-likeness (QED) is 0.832. The zero-order valence-electron chi connectivity index (χ0n) is 16.1. The number of anilines is 1. The number of fused-ring (bicyclic) bond motifs is 2. The van der Waals surface area contributed by atoms with Gasteiger partial charge in [-0.05, 0) is 44.7 Å². The number of carbonyl (C=O) groups is 1. The summed E-state index contributed by atoms with van der Waals surface area (Å²) in [5, 5.41) is 0. The van der Waals surface area contributed by atoms with Crippen LogP contribution in [0.4, 0.5) is 5.82 Å². The highest BCUT2D eigenvalue weighted by Crippen LogP contribution is 2.40. The lowest BCUT2D eigenvalue weighted by molar-refractivity contribution is 0.0693. The molecule has 0 N–H and O–H groups in total. The van der Waals surface area contributed by atoms with Gasteiger partial charge in [0.1, 0.15) is 5.82 Å². The number of nitrogens with zero attached hydrogens (tertiary/aromatic N) is 4. The highest BCUT2D eigenvalue weighted by atomic mass is 16.5. The summed E-state index contributed by atoms with van der Waals surface area (Å²) in [6.45, 7) is 1.97. The van der Waals surface area contributed by atoms with E-state index in [2.05, 4.69) is 14.9 Å². The molecule has 2 fully saturated rings. The van der Waals surface area contributed by atoms with Gasteiger partial charge in [-0.3, -0.25) is 4.79 Å². The topological polar surface area (TPSA) is 58.6 Å². The highest BCUT2D eigenvalue weighted by Gasteiger charge is 2.43. The molecule has 0 spiro atoms. The van der Waals surface area contributed by atoms with Crippen LogP contribution in [0.1, 0.15) is 41.7 Å². The first-order valence-corrected chi connectivity index (χ1v) is 9.57. The van der Waals surface area contributed by atoms with Crippen molar-refractivity contribution in [3.05, 3.63) is 47.7 Å². The Hall–Kier alpha value is -2.63. The van der Waals surface area contributed by atoms with E-state index in [-0.39, 0.29) is 11.9 Å². The zero-order chi connectivity index (χ0) is 19.0. The smallest absolute Gasteiger partial charge is 0.318 e. The van der Waals surface area contributed by atoms with Gasteiger partial charge in [0.05, 0.1) is 7.11 Å². The summed E-state index contributed by atoms with van der Waals surface area (Å²) in [4.78, 5) is 26.1. The van der Waals surface area contributed by atoms with Crippen molar-refractivity contribution >= 4 is 11.7 Å². The Morgan fingerprint density at radius 2 is 1.81 bits per heavy atom. The Morgan fingerprint density at radius 1 is 1.15 bits per heavy atom. The Morgan fingerprint density at radius 3 is 2.44 bits per heavy atom. The molecule has 6 heteroatoms. The van der Waals surface area contributed by atoms with E-state index in [1.54, 1.807) is 7.11 Å². The van der Waals surface area contributed by atoms with Gasteiger partial charge in [-0.1, -0.05) is 18.2 Å². The molecule has 2 bridgehead atoms. The molecule has 3 heterocycles. The molecular formula is C21H26N4O2. The molecule has 1 aromatic carbocycles. The molecule has 2 aromatic rings. The molecule has 0 saturated carbocycles. The van der Waals surface area contributed by atoms with Crippen LogP contribution in [-0.4, -0.2) is 53.1 Å². The highest BCUT2D eigenvalue weighted by molar-refractivity contribution is 5.94. The van der Waals surface area contributed by atoms with E-state index in [1.807, 2.05) is 55.3 Å². The fourth-order valence-electron chi connectivity index (χ4n) is 4.54. The SMILES string of the molecule is COc1nc(C)cc(N2C3CCC2CC(N(C)C(=O)c2ccccc2)C3)n1. The third-order valence-electron chi connectivity index (χ3n) is 5.86. The Kier molecular flexibility index (Phi) is 4.72. The lowest BCUT2D eigenvalue weighted by Gasteiger charge is -2.42. The summed E-state index contributed by atoms with van der Waals surface area (Å²) < 4.78 is 5.26. The summed E-state index contributed by atoms with van der Waals surface area (Å²) >= 11 is 0. The minimum Gasteiger partial charge on any atom is -0.467 e. The average molecular weight is 366 g/mol. The molecule has 1 amide bonds. The van der Waals surface area contributed by atoms with Gasteiger partial charge in [-0.15, -0.1) is 0 Å². The zero-order valence-corrected chi connectivity index (χ0v) is 16.1. The summed E-state index contributed by atoms with van der Waals surface area (Å²) in [6, 6.07) is 13.1. The van der Waals surface area contributed by atoms with Gasteiger partial charge in [0.25, 0.3) is 5.91 Å². The van der Waals surface area contributed by atoms with Crippen LogP contribution in [0.15, 0.2) is 36.4 Å². The number of methoxy groups -OCH3 is 1. The van der Waals surface area contributed by atoms with Gasteiger partial charge >= 0.3 is 6.01 Å². The van der Waals surface area contributed by atoms with Crippen LogP contribution in [-0.2, 0) is 0 Å². The first kappa shape index (κ1) is 17.8. The first-order valence-electron chi connectivity index (χ1n) is 9.57. The van der Waals surface area contributed by atoms with Crippen LogP contribution >= 0.6 is 0 Å². The summed E-state index contributed by atoms with van der Waals surface area (Å²) in [5.74, 6) is 1.05. The number of hydrogen-bond donors (Lipinski definition) is 0. The van der Waals surface area contributed by atoms with E-state index < -0.39 is 0 Å². The maximum atomic E-state index is 12.8. The lowest BCUT2D eigenvalue weighted by Crippen LogP contribution is -2.51. The molecular weight excluding hydrogens is 340 g/mol. The number of aromatic nitrogens is 2. The van der Waals surface area contributed by atoms with Gasteiger partial charge in [0.15, 0.2) is 0 Å². The summed E-state index contributed by atoms with van der Waals surface area (Å²) in [6.07, 6.45) is 4.22. The normalized spacial score (nSPS) is 24.0. The first-order chi connectivity index (χ1) is 13.1. The van der Waals surface area contributed by atoms with E-state index in [1.165, 1.54) is 0 Å². The monoisotopic (exact) mass is 366 g/mol. The van der Waals surface area contributed by atoms with Crippen LogP contribution in [0, 0.1) is 6.92 Å². The lowest BCUT2D eigenvalue weighted by atomic mass is 9.95. The van der Waals surface area contributed by atoms with Gasteiger partial charge < -0.3 is 14.5 Å². The van der Waals surface area contributed by atoms with Crippen molar-refractivity contribution in [2.24, 2.45) is 0 Å². The van der Waals surface area contributed by atoms with E-state index in [0.717, 1.165) is 42.8 Å². The molecule has 0 radical (unpaired) electrons. The fraction of sp³-hybridized carbons (Fsp3) is 0.476. The van der Waals surface area contributed by atoms with Crippen LogP contribution in [0.25, 0.3) is 0 Å². The molecule has 27 heavy (non-hydrogen) atoms. The minimum absolute atomic E-state index is 0.105. The molecule has 2 saturated heterocycles. The third kappa shape index (κ3) is 3.36. The number of amides is 1. The molecule has 4 rings (SSSR count). The standard InChI is InChI=1S/C21H26N4O2/c1-14-11-19(23-21(22-14)27-3)25-16-9-10-17(25)13-18(12-16)24(2)20(26)15-7-5-4-6-8-15/h4-8,11,16-18H,9-10,12-13H2,1-3H3. The van der Waals surface area contributed by atoms with Crippen molar-refractivity contribution in [1.29, 1.82) is 0 Å². The van der Waals surface area contributed by atoms with Crippen LogP contribution < -0.4 is 9.64 Å². The number of ether oxygens (including phenoxy) is 1. The molecule has 2 unspecified atom stereocenters. The predicted octanol–water partition coefficient (Wildman–Crippen LogP) is 3.07. The number of carbonyl (C=O) groups excluding carboxylic acids is 1. The second kappa shape index (κ2) is 7.18. The van der Waals surface area contributed by atoms with Crippen molar-refractivity contribution in [2.75, 3.05) is 19.1 Å². The maximum absolute atomic E-state index is 12.8. The number of rotatable bonds is 4. The molecule has 0 aliphatic carbocycles. The van der Waals surface area contributed by atoms with Gasteiger partial charge in [-0.2, -0.15) is 4.98 Å². The molecule has 1 aromatic heterocycles. The average Bonchev–Trinajstić information content (AvgIpc) is 2.96. The third-order valence-corrected chi connectivity index (χ3v) is 5.86. The van der Waals surface area contributed by atoms with Crippen molar-refractivity contribution in [3.63, 3.8) is 0 Å². The van der Waals surface area contributed by atoms with Gasteiger partial charge in [0, 0.05) is 42.5 Å². The molecule has 2 atom stereocenters. The molecule has 2 aliphatic heterocycles.